The number of carbonyl (C=O) groups is 1. The molecule has 106 valence electrons. The Bertz CT molecular complexity index is 563. The van der Waals surface area contributed by atoms with Crippen molar-refractivity contribution >= 4 is 11.6 Å². The average molecular weight is 275 g/mol. The van der Waals surface area contributed by atoms with E-state index in [1.54, 1.807) is 13.2 Å². The summed E-state index contributed by atoms with van der Waals surface area (Å²) in [4.78, 5) is 11.8. The summed E-state index contributed by atoms with van der Waals surface area (Å²) in [5.41, 5.74) is 7.71. The van der Waals surface area contributed by atoms with Gasteiger partial charge in [0.05, 0.1) is 0 Å². The highest BCUT2D eigenvalue weighted by Crippen LogP contribution is 2.06. The molecule has 1 aromatic heterocycles. The van der Waals surface area contributed by atoms with E-state index in [4.69, 9.17) is 15.0 Å². The van der Waals surface area contributed by atoms with Crippen LogP contribution >= 0.6 is 0 Å². The lowest BCUT2D eigenvalue weighted by atomic mass is 10.1. The number of anilines is 1. The molecule has 0 saturated carbocycles. The SMILES string of the molecule is COCc1cc(C(=O)NCCc2ccc(N)cc2)no1. The van der Waals surface area contributed by atoms with Crippen LogP contribution in [0.15, 0.2) is 34.9 Å². The summed E-state index contributed by atoms with van der Waals surface area (Å²) in [5, 5.41) is 6.47. The summed E-state index contributed by atoms with van der Waals surface area (Å²) in [6.45, 7) is 0.820. The number of nitrogen functional groups attached to an aromatic ring is 1. The third-order valence-electron chi connectivity index (χ3n) is 2.76. The van der Waals surface area contributed by atoms with Gasteiger partial charge in [0, 0.05) is 25.4 Å². The summed E-state index contributed by atoms with van der Waals surface area (Å²) >= 11 is 0. The van der Waals surface area contributed by atoms with Crippen LogP contribution in [-0.2, 0) is 17.8 Å². The first kappa shape index (κ1) is 14.1. The maximum Gasteiger partial charge on any atom is 0.273 e. The molecule has 2 aromatic rings. The van der Waals surface area contributed by atoms with Crippen molar-refractivity contribution in [2.24, 2.45) is 0 Å². The zero-order valence-electron chi connectivity index (χ0n) is 11.3. The van der Waals surface area contributed by atoms with Crippen molar-refractivity contribution in [2.75, 3.05) is 19.4 Å². The Labute approximate surface area is 116 Å². The van der Waals surface area contributed by atoms with Crippen LogP contribution in [0.4, 0.5) is 5.69 Å². The quantitative estimate of drug-likeness (QED) is 0.777. The number of rotatable bonds is 6. The topological polar surface area (TPSA) is 90.4 Å². The number of ether oxygens (including phenoxy) is 1. The number of carbonyl (C=O) groups excluding carboxylic acids is 1. The number of hydrogen-bond acceptors (Lipinski definition) is 5. The molecule has 0 radical (unpaired) electrons. The molecule has 2 rings (SSSR count). The van der Waals surface area contributed by atoms with Gasteiger partial charge in [-0.2, -0.15) is 0 Å². The van der Waals surface area contributed by atoms with E-state index in [0.29, 0.717) is 18.9 Å². The van der Waals surface area contributed by atoms with E-state index in [1.165, 1.54) is 0 Å². The summed E-state index contributed by atoms with van der Waals surface area (Å²) < 4.78 is 9.85. The maximum absolute atomic E-state index is 11.8. The van der Waals surface area contributed by atoms with Crippen LogP contribution in [0, 0.1) is 0 Å². The van der Waals surface area contributed by atoms with Crippen LogP contribution < -0.4 is 11.1 Å². The van der Waals surface area contributed by atoms with Crippen LogP contribution in [0.25, 0.3) is 0 Å². The van der Waals surface area contributed by atoms with Gasteiger partial charge in [-0.25, -0.2) is 0 Å². The van der Waals surface area contributed by atoms with Gasteiger partial charge in [0.1, 0.15) is 6.61 Å². The number of benzene rings is 1. The minimum atomic E-state index is -0.258. The zero-order valence-corrected chi connectivity index (χ0v) is 11.3. The Morgan fingerprint density at radius 2 is 2.15 bits per heavy atom. The molecule has 20 heavy (non-hydrogen) atoms. The second-order valence-electron chi connectivity index (χ2n) is 4.36. The standard InChI is InChI=1S/C14H17N3O3/c1-19-9-12-8-13(17-20-12)14(18)16-7-6-10-2-4-11(15)5-3-10/h2-5,8H,6-7,9,15H2,1H3,(H,16,18). The van der Waals surface area contributed by atoms with Crippen molar-refractivity contribution in [2.45, 2.75) is 13.0 Å². The predicted octanol–water partition coefficient (Wildman–Crippen LogP) is 1.38. The van der Waals surface area contributed by atoms with Crippen molar-refractivity contribution in [1.29, 1.82) is 0 Å². The summed E-state index contributed by atoms with van der Waals surface area (Å²) in [6, 6.07) is 9.13. The highest BCUT2D eigenvalue weighted by atomic mass is 16.5. The first-order valence-electron chi connectivity index (χ1n) is 6.26. The molecule has 6 nitrogen and oxygen atoms in total. The largest absolute Gasteiger partial charge is 0.399 e. The van der Waals surface area contributed by atoms with E-state index in [1.807, 2.05) is 24.3 Å². The van der Waals surface area contributed by atoms with E-state index >= 15 is 0 Å². The van der Waals surface area contributed by atoms with Crippen LogP contribution in [0.2, 0.25) is 0 Å². The highest BCUT2D eigenvalue weighted by molar-refractivity contribution is 5.92. The first-order chi connectivity index (χ1) is 9.69. The van der Waals surface area contributed by atoms with Crippen molar-refractivity contribution in [3.8, 4) is 0 Å². The third kappa shape index (κ3) is 3.83. The van der Waals surface area contributed by atoms with Gasteiger partial charge in [-0.15, -0.1) is 0 Å². The third-order valence-corrected chi connectivity index (χ3v) is 2.76. The van der Waals surface area contributed by atoms with Gasteiger partial charge in [0.25, 0.3) is 5.91 Å². The minimum absolute atomic E-state index is 0.258. The van der Waals surface area contributed by atoms with Crippen LogP contribution in [0.1, 0.15) is 21.8 Å². The highest BCUT2D eigenvalue weighted by Gasteiger charge is 2.11. The molecule has 3 N–H and O–H groups in total. The zero-order chi connectivity index (χ0) is 14.4. The van der Waals surface area contributed by atoms with Crippen molar-refractivity contribution in [1.82, 2.24) is 10.5 Å². The van der Waals surface area contributed by atoms with Gasteiger partial charge >= 0.3 is 0 Å². The lowest BCUT2D eigenvalue weighted by molar-refractivity contribution is 0.0944. The molecule has 0 aliphatic rings. The molecular formula is C14H17N3O3. The summed E-state index contributed by atoms with van der Waals surface area (Å²) in [7, 11) is 1.55. The molecule has 0 bridgehead atoms. The van der Waals surface area contributed by atoms with E-state index < -0.39 is 0 Å². The molecule has 0 saturated heterocycles. The van der Waals surface area contributed by atoms with E-state index in [0.717, 1.165) is 17.7 Å². The van der Waals surface area contributed by atoms with Gasteiger partial charge in [-0.1, -0.05) is 17.3 Å². The smallest absolute Gasteiger partial charge is 0.273 e. The molecule has 6 heteroatoms. The Hall–Kier alpha value is -2.34. The monoisotopic (exact) mass is 275 g/mol. The number of nitrogens with zero attached hydrogens (tertiary/aromatic N) is 1. The molecule has 0 fully saturated rings. The summed E-state index contributed by atoms with van der Waals surface area (Å²) in [5.74, 6) is 0.266. The fraction of sp³-hybridized carbons (Fsp3) is 0.286. The van der Waals surface area contributed by atoms with Gasteiger partial charge in [-0.3, -0.25) is 4.79 Å². The first-order valence-corrected chi connectivity index (χ1v) is 6.26. The fourth-order valence-electron chi connectivity index (χ4n) is 1.73. The number of hydrogen-bond donors (Lipinski definition) is 2. The normalized spacial score (nSPS) is 10.4. The van der Waals surface area contributed by atoms with Crippen molar-refractivity contribution in [3.63, 3.8) is 0 Å². The van der Waals surface area contributed by atoms with E-state index in [9.17, 15) is 4.79 Å². The van der Waals surface area contributed by atoms with Crippen LogP contribution in [0.3, 0.4) is 0 Å². The van der Waals surface area contributed by atoms with Gasteiger partial charge < -0.3 is 20.3 Å². The lowest BCUT2D eigenvalue weighted by Crippen LogP contribution is -2.25. The molecule has 0 atom stereocenters. The molecule has 0 aliphatic carbocycles. The van der Waals surface area contributed by atoms with Gasteiger partial charge in [-0.05, 0) is 24.1 Å². The molecule has 0 unspecified atom stereocenters. The maximum atomic E-state index is 11.8. The lowest BCUT2D eigenvalue weighted by Gasteiger charge is -2.03. The second kappa shape index (κ2) is 6.72. The fourth-order valence-corrected chi connectivity index (χ4v) is 1.73. The Kier molecular flexibility index (Phi) is 4.73. The predicted molar refractivity (Wildman–Crippen MR) is 74.1 cm³/mol. The summed E-state index contributed by atoms with van der Waals surface area (Å²) in [6.07, 6.45) is 0.731. The number of aromatic nitrogens is 1. The van der Waals surface area contributed by atoms with Crippen LogP contribution in [-0.4, -0.2) is 24.7 Å². The van der Waals surface area contributed by atoms with Gasteiger partial charge in [0.15, 0.2) is 11.5 Å². The van der Waals surface area contributed by atoms with E-state index in [-0.39, 0.29) is 11.6 Å². The van der Waals surface area contributed by atoms with Crippen molar-refractivity contribution in [3.05, 3.63) is 47.3 Å². The number of nitrogens with two attached hydrogens (primary N) is 1. The van der Waals surface area contributed by atoms with Crippen LogP contribution in [0.5, 0.6) is 0 Å². The molecule has 1 amide bonds. The molecule has 0 aliphatic heterocycles. The number of methoxy groups -OCH3 is 1. The number of amides is 1. The minimum Gasteiger partial charge on any atom is -0.399 e. The Morgan fingerprint density at radius 1 is 1.40 bits per heavy atom. The molecule has 0 spiro atoms. The second-order valence-corrected chi connectivity index (χ2v) is 4.36. The van der Waals surface area contributed by atoms with Gasteiger partial charge in [0.2, 0.25) is 0 Å². The molecule has 1 aromatic carbocycles. The molecule has 1 heterocycles. The van der Waals surface area contributed by atoms with Crippen molar-refractivity contribution < 1.29 is 14.1 Å². The Morgan fingerprint density at radius 3 is 2.85 bits per heavy atom. The molecular weight excluding hydrogens is 258 g/mol. The van der Waals surface area contributed by atoms with E-state index in [2.05, 4.69) is 10.5 Å². The Balaban J connectivity index is 1.81. The number of nitrogens with one attached hydrogen (secondary N) is 1. The average Bonchev–Trinajstić information content (AvgIpc) is 2.90.